The van der Waals surface area contributed by atoms with Crippen molar-refractivity contribution in [3.05, 3.63) is 23.8 Å². The molecule has 0 aliphatic carbocycles. The van der Waals surface area contributed by atoms with Gasteiger partial charge >= 0.3 is 0 Å². The van der Waals surface area contributed by atoms with Gasteiger partial charge in [-0.25, -0.2) is 0 Å². The second-order valence-corrected chi connectivity index (χ2v) is 5.51. The van der Waals surface area contributed by atoms with E-state index in [1.165, 1.54) is 0 Å². The van der Waals surface area contributed by atoms with E-state index >= 15 is 0 Å². The van der Waals surface area contributed by atoms with Crippen molar-refractivity contribution in [1.29, 1.82) is 0 Å². The molecule has 3 rings (SSSR count). The summed E-state index contributed by atoms with van der Waals surface area (Å²) in [5.41, 5.74) is 6.58. The number of hydrogen-bond acceptors (Lipinski definition) is 4. The number of likely N-dealkylation sites (tertiary alicyclic amines) is 1. The molecule has 0 bridgehead atoms. The number of carbonyl (C=O) groups excluding carboxylic acids is 1. The molecule has 2 aliphatic rings. The predicted molar refractivity (Wildman–Crippen MR) is 79.4 cm³/mol. The second kappa shape index (κ2) is 6.35. The van der Waals surface area contributed by atoms with E-state index < -0.39 is 0 Å². The Morgan fingerprint density at radius 1 is 1.33 bits per heavy atom. The summed E-state index contributed by atoms with van der Waals surface area (Å²) in [5.74, 6) is 1.80. The van der Waals surface area contributed by atoms with Gasteiger partial charge in [0.1, 0.15) is 13.2 Å². The van der Waals surface area contributed by atoms with Gasteiger partial charge in [0.15, 0.2) is 11.5 Å². The summed E-state index contributed by atoms with van der Waals surface area (Å²) in [6.07, 6.45) is 3.28. The molecule has 2 N–H and O–H groups in total. The number of amides is 1. The van der Waals surface area contributed by atoms with E-state index in [4.69, 9.17) is 15.2 Å². The molecule has 1 aromatic rings. The molecular formula is C16H22N2O3. The van der Waals surface area contributed by atoms with Crippen molar-refractivity contribution < 1.29 is 14.3 Å². The summed E-state index contributed by atoms with van der Waals surface area (Å²) in [4.78, 5) is 14.3. The van der Waals surface area contributed by atoms with E-state index in [9.17, 15) is 4.79 Å². The third kappa shape index (κ3) is 2.83. The number of ether oxygens (including phenoxy) is 2. The van der Waals surface area contributed by atoms with Crippen LogP contribution < -0.4 is 15.2 Å². The Balaban J connectivity index is 1.84. The minimum atomic E-state index is 0.104. The zero-order valence-corrected chi connectivity index (χ0v) is 12.2. The Labute approximate surface area is 125 Å². The highest BCUT2D eigenvalue weighted by molar-refractivity contribution is 5.77. The lowest BCUT2D eigenvalue weighted by molar-refractivity contribution is -0.132. The lowest BCUT2D eigenvalue weighted by Crippen LogP contribution is -2.31. The topological polar surface area (TPSA) is 64.8 Å². The maximum atomic E-state index is 12.4. The van der Waals surface area contributed by atoms with E-state index in [1.807, 2.05) is 23.1 Å². The first kappa shape index (κ1) is 14.2. The number of fused-ring (bicyclic) bond motifs is 1. The highest BCUT2D eigenvalue weighted by atomic mass is 16.6. The van der Waals surface area contributed by atoms with Gasteiger partial charge in [-0.3, -0.25) is 4.79 Å². The molecule has 1 amide bonds. The molecule has 5 heteroatoms. The fourth-order valence-corrected chi connectivity index (χ4v) is 3.14. The summed E-state index contributed by atoms with van der Waals surface area (Å²) < 4.78 is 11.4. The van der Waals surface area contributed by atoms with Crippen LogP contribution in [0, 0.1) is 0 Å². The molecule has 21 heavy (non-hydrogen) atoms. The number of para-hydroxylation sites is 1. The van der Waals surface area contributed by atoms with Gasteiger partial charge in [-0.05, 0) is 31.9 Å². The van der Waals surface area contributed by atoms with Crippen molar-refractivity contribution in [3.8, 4) is 11.5 Å². The van der Waals surface area contributed by atoms with Crippen LogP contribution in [0.4, 0.5) is 0 Å². The van der Waals surface area contributed by atoms with Crippen LogP contribution in [0.3, 0.4) is 0 Å². The predicted octanol–water partition coefficient (Wildman–Crippen LogP) is 1.86. The van der Waals surface area contributed by atoms with Crippen LogP contribution in [0.1, 0.15) is 37.3 Å². The van der Waals surface area contributed by atoms with Gasteiger partial charge in [-0.2, -0.15) is 0 Å². The van der Waals surface area contributed by atoms with Crippen molar-refractivity contribution in [3.63, 3.8) is 0 Å². The molecule has 114 valence electrons. The molecule has 0 aromatic heterocycles. The van der Waals surface area contributed by atoms with Crippen molar-refractivity contribution in [1.82, 2.24) is 4.90 Å². The number of nitrogens with two attached hydrogens (primary N) is 1. The molecule has 0 saturated carbocycles. The molecule has 2 aliphatic heterocycles. The van der Waals surface area contributed by atoms with Gasteiger partial charge in [-0.1, -0.05) is 12.1 Å². The molecule has 1 fully saturated rings. The van der Waals surface area contributed by atoms with Crippen molar-refractivity contribution in [2.75, 3.05) is 26.3 Å². The van der Waals surface area contributed by atoms with Crippen LogP contribution in [-0.2, 0) is 4.79 Å². The van der Waals surface area contributed by atoms with E-state index in [1.54, 1.807) is 0 Å². The molecule has 1 aromatic carbocycles. The Bertz CT molecular complexity index is 518. The van der Waals surface area contributed by atoms with E-state index in [0.29, 0.717) is 26.2 Å². The van der Waals surface area contributed by atoms with Gasteiger partial charge in [0.05, 0.1) is 6.04 Å². The van der Waals surface area contributed by atoms with Gasteiger partial charge < -0.3 is 20.1 Å². The largest absolute Gasteiger partial charge is 0.486 e. The average Bonchev–Trinajstić information content (AvgIpc) is 3.01. The third-order valence-electron chi connectivity index (χ3n) is 4.12. The molecule has 1 atom stereocenters. The molecular weight excluding hydrogens is 268 g/mol. The highest BCUT2D eigenvalue weighted by Gasteiger charge is 2.32. The number of hydrogen-bond donors (Lipinski definition) is 1. The van der Waals surface area contributed by atoms with Crippen LogP contribution in [0.5, 0.6) is 11.5 Å². The lowest BCUT2D eigenvalue weighted by Gasteiger charge is -2.29. The zero-order valence-electron chi connectivity index (χ0n) is 12.2. The molecule has 1 unspecified atom stereocenters. The Kier molecular flexibility index (Phi) is 4.29. The summed E-state index contributed by atoms with van der Waals surface area (Å²) in [5, 5.41) is 0. The molecule has 0 radical (unpaired) electrons. The second-order valence-electron chi connectivity index (χ2n) is 5.51. The van der Waals surface area contributed by atoms with Crippen LogP contribution in [0.25, 0.3) is 0 Å². The third-order valence-corrected chi connectivity index (χ3v) is 4.12. The molecule has 5 nitrogen and oxygen atoms in total. The number of rotatable bonds is 4. The van der Waals surface area contributed by atoms with Gasteiger partial charge in [-0.15, -0.1) is 0 Å². The molecule has 1 saturated heterocycles. The summed E-state index contributed by atoms with van der Waals surface area (Å²) in [6.45, 7) is 2.53. The van der Waals surface area contributed by atoms with Crippen LogP contribution in [0.15, 0.2) is 18.2 Å². The summed E-state index contributed by atoms with van der Waals surface area (Å²) in [7, 11) is 0. The summed E-state index contributed by atoms with van der Waals surface area (Å²) >= 11 is 0. The van der Waals surface area contributed by atoms with Gasteiger partial charge in [0, 0.05) is 18.5 Å². The van der Waals surface area contributed by atoms with Crippen molar-refractivity contribution in [2.45, 2.75) is 31.7 Å². The first-order chi connectivity index (χ1) is 10.3. The van der Waals surface area contributed by atoms with Crippen LogP contribution in [-0.4, -0.2) is 37.1 Å². The number of nitrogens with zero attached hydrogens (tertiary/aromatic N) is 1. The first-order valence-corrected chi connectivity index (χ1v) is 7.69. The van der Waals surface area contributed by atoms with Crippen LogP contribution in [0.2, 0.25) is 0 Å². The fourth-order valence-electron chi connectivity index (χ4n) is 3.14. The minimum absolute atomic E-state index is 0.104. The smallest absolute Gasteiger partial charge is 0.223 e. The van der Waals surface area contributed by atoms with Gasteiger partial charge in [0.25, 0.3) is 0 Å². The normalized spacial score (nSPS) is 20.6. The Morgan fingerprint density at radius 2 is 2.19 bits per heavy atom. The maximum absolute atomic E-state index is 12.4. The SMILES string of the molecule is NCCCC(=O)N1CCCC1c1cccc2c1OCCO2. The minimum Gasteiger partial charge on any atom is -0.486 e. The molecule has 0 spiro atoms. The first-order valence-electron chi connectivity index (χ1n) is 7.69. The monoisotopic (exact) mass is 290 g/mol. The standard InChI is InChI=1S/C16H22N2O3/c17-8-2-7-15(19)18-9-3-5-13(18)12-4-1-6-14-16(12)21-11-10-20-14/h1,4,6,13H,2-3,5,7-11,17H2. The molecule has 2 heterocycles. The van der Waals surface area contributed by atoms with E-state index in [-0.39, 0.29) is 11.9 Å². The summed E-state index contributed by atoms with van der Waals surface area (Å²) in [6, 6.07) is 6.05. The zero-order chi connectivity index (χ0) is 14.7. The lowest BCUT2D eigenvalue weighted by atomic mass is 10.0. The number of carbonyl (C=O) groups is 1. The highest BCUT2D eigenvalue weighted by Crippen LogP contribution is 2.42. The maximum Gasteiger partial charge on any atom is 0.223 e. The quantitative estimate of drug-likeness (QED) is 0.919. The van der Waals surface area contributed by atoms with Crippen molar-refractivity contribution >= 4 is 5.91 Å². The number of benzene rings is 1. The average molecular weight is 290 g/mol. The van der Waals surface area contributed by atoms with Gasteiger partial charge in [0.2, 0.25) is 5.91 Å². The van der Waals surface area contributed by atoms with Crippen LogP contribution >= 0.6 is 0 Å². The van der Waals surface area contributed by atoms with Crippen molar-refractivity contribution in [2.24, 2.45) is 5.73 Å². The Morgan fingerprint density at radius 3 is 3.05 bits per heavy atom. The van der Waals surface area contributed by atoms with E-state index in [0.717, 1.165) is 42.9 Å². The van der Waals surface area contributed by atoms with E-state index in [2.05, 4.69) is 0 Å². The Hall–Kier alpha value is -1.75. The fraction of sp³-hybridized carbons (Fsp3) is 0.562.